The van der Waals surface area contributed by atoms with Gasteiger partial charge < -0.3 is 4.90 Å². The third kappa shape index (κ3) is 3.39. The van der Waals surface area contributed by atoms with E-state index >= 15 is 0 Å². The smallest absolute Gasteiger partial charge is 0.250 e. The van der Waals surface area contributed by atoms with Crippen molar-refractivity contribution in [2.45, 2.75) is 13.8 Å². The Hall–Kier alpha value is -1.83. The van der Waals surface area contributed by atoms with Crippen LogP contribution in [0.25, 0.3) is 0 Å². The zero-order chi connectivity index (χ0) is 11.8. The fraction of sp³-hybridized carbons (Fsp3) is 0.214. The number of rotatable bonds is 4. The van der Waals surface area contributed by atoms with Gasteiger partial charge >= 0.3 is 0 Å². The number of hydrogen-bond donors (Lipinski definition) is 0. The summed E-state index contributed by atoms with van der Waals surface area (Å²) in [5, 5.41) is 0. The minimum Gasteiger partial charge on any atom is -0.309 e. The molecule has 16 heavy (non-hydrogen) atoms. The Labute approximate surface area is 96.9 Å². The quantitative estimate of drug-likeness (QED) is 0.558. The van der Waals surface area contributed by atoms with Gasteiger partial charge in [-0.1, -0.05) is 36.4 Å². The third-order valence-electron chi connectivity index (χ3n) is 2.19. The van der Waals surface area contributed by atoms with Gasteiger partial charge in [-0.3, -0.25) is 4.79 Å². The lowest BCUT2D eigenvalue weighted by Crippen LogP contribution is -2.28. The molecule has 0 unspecified atom stereocenters. The highest BCUT2D eigenvalue weighted by Crippen LogP contribution is 2.13. The van der Waals surface area contributed by atoms with Crippen molar-refractivity contribution < 1.29 is 4.79 Å². The number of allylic oxidation sites excluding steroid dienone is 3. The van der Waals surface area contributed by atoms with E-state index in [4.69, 9.17) is 0 Å². The number of carbonyl (C=O) groups is 1. The Kier molecular flexibility index (Phi) is 5.06. The summed E-state index contributed by atoms with van der Waals surface area (Å²) in [6.45, 7) is 4.56. The summed E-state index contributed by atoms with van der Waals surface area (Å²) >= 11 is 0. The maximum atomic E-state index is 11.9. The molecule has 0 heterocycles. The third-order valence-corrected chi connectivity index (χ3v) is 2.19. The maximum absolute atomic E-state index is 11.9. The molecule has 1 rings (SSSR count). The zero-order valence-electron chi connectivity index (χ0n) is 9.76. The van der Waals surface area contributed by atoms with E-state index < -0.39 is 0 Å². The average molecular weight is 215 g/mol. The fourth-order valence-electron chi connectivity index (χ4n) is 1.41. The van der Waals surface area contributed by atoms with Crippen molar-refractivity contribution in [3.63, 3.8) is 0 Å². The van der Waals surface area contributed by atoms with Crippen molar-refractivity contribution in [3.05, 3.63) is 54.6 Å². The molecule has 84 valence electrons. The monoisotopic (exact) mass is 215 g/mol. The van der Waals surface area contributed by atoms with E-state index in [1.54, 1.807) is 17.1 Å². The highest BCUT2D eigenvalue weighted by atomic mass is 16.2. The molecule has 1 amide bonds. The second-order valence-electron chi connectivity index (χ2n) is 3.30. The summed E-state index contributed by atoms with van der Waals surface area (Å²) in [6.07, 6.45) is 7.07. The number of benzene rings is 1. The van der Waals surface area contributed by atoms with E-state index in [9.17, 15) is 4.79 Å². The Bertz CT molecular complexity index is 379. The van der Waals surface area contributed by atoms with Crippen LogP contribution in [0.2, 0.25) is 0 Å². The molecule has 0 radical (unpaired) electrons. The molecule has 0 fully saturated rings. The molecule has 2 nitrogen and oxygen atoms in total. The van der Waals surface area contributed by atoms with Crippen LogP contribution >= 0.6 is 0 Å². The Morgan fingerprint density at radius 1 is 1.25 bits per heavy atom. The highest BCUT2D eigenvalue weighted by molar-refractivity contribution is 6.01. The van der Waals surface area contributed by atoms with Crippen LogP contribution in [0.15, 0.2) is 54.6 Å². The van der Waals surface area contributed by atoms with Crippen LogP contribution in [-0.4, -0.2) is 12.5 Å². The van der Waals surface area contributed by atoms with Gasteiger partial charge in [-0.25, -0.2) is 0 Å². The summed E-state index contributed by atoms with van der Waals surface area (Å²) in [5.74, 6) is 0.00630. The molecule has 0 aromatic heterocycles. The first-order valence-corrected chi connectivity index (χ1v) is 5.45. The molecule has 0 atom stereocenters. The molecule has 2 heteroatoms. The predicted octanol–water partition coefficient (Wildman–Crippen LogP) is 3.17. The van der Waals surface area contributed by atoms with Crippen molar-refractivity contribution in [2.24, 2.45) is 0 Å². The molecule has 0 saturated carbocycles. The number of amides is 1. The summed E-state index contributed by atoms with van der Waals surface area (Å²) in [4.78, 5) is 13.6. The number of nitrogens with zero attached hydrogens (tertiary/aromatic N) is 1. The molecule has 1 aromatic carbocycles. The molecule has 0 bridgehead atoms. The van der Waals surface area contributed by atoms with Gasteiger partial charge in [0.15, 0.2) is 0 Å². The van der Waals surface area contributed by atoms with E-state index in [0.29, 0.717) is 6.54 Å². The van der Waals surface area contributed by atoms with Gasteiger partial charge in [0.2, 0.25) is 0 Å². The molecule has 0 aliphatic rings. The number of para-hydroxylation sites is 1. The SMILES string of the molecule is C/C=C/C=C/C(=O)N(CC)c1ccccc1. The van der Waals surface area contributed by atoms with Crippen molar-refractivity contribution in [2.75, 3.05) is 11.4 Å². The number of hydrogen-bond acceptors (Lipinski definition) is 1. The average Bonchev–Trinajstić information content (AvgIpc) is 2.32. The van der Waals surface area contributed by atoms with Crippen molar-refractivity contribution in [1.82, 2.24) is 0 Å². The van der Waals surface area contributed by atoms with Crippen LogP contribution in [0.1, 0.15) is 13.8 Å². The molecular formula is C14H17NO. The van der Waals surface area contributed by atoms with Gasteiger partial charge in [0.1, 0.15) is 0 Å². The van der Waals surface area contributed by atoms with E-state index in [2.05, 4.69) is 0 Å². The number of anilines is 1. The molecule has 0 saturated heterocycles. The second kappa shape index (κ2) is 6.62. The van der Waals surface area contributed by atoms with Crippen LogP contribution in [-0.2, 0) is 4.79 Å². The van der Waals surface area contributed by atoms with Gasteiger partial charge in [-0.05, 0) is 26.0 Å². The largest absolute Gasteiger partial charge is 0.309 e. The maximum Gasteiger partial charge on any atom is 0.250 e. The van der Waals surface area contributed by atoms with Gasteiger partial charge in [0, 0.05) is 18.3 Å². The van der Waals surface area contributed by atoms with E-state index in [0.717, 1.165) is 5.69 Å². The predicted molar refractivity (Wildman–Crippen MR) is 68.4 cm³/mol. The van der Waals surface area contributed by atoms with E-state index in [1.165, 1.54) is 0 Å². The van der Waals surface area contributed by atoms with Crippen LogP contribution < -0.4 is 4.90 Å². The zero-order valence-corrected chi connectivity index (χ0v) is 9.76. The summed E-state index contributed by atoms with van der Waals surface area (Å²) in [6, 6.07) is 9.68. The first-order valence-electron chi connectivity index (χ1n) is 5.45. The van der Waals surface area contributed by atoms with Crippen LogP contribution in [0.5, 0.6) is 0 Å². The lowest BCUT2D eigenvalue weighted by molar-refractivity contribution is -0.114. The second-order valence-corrected chi connectivity index (χ2v) is 3.30. The topological polar surface area (TPSA) is 20.3 Å². The standard InChI is InChI=1S/C14H17NO/c1-3-5-7-12-14(16)15(4-2)13-10-8-6-9-11-13/h3,5-12H,4H2,1-2H3/b5-3+,12-7+. The molecule has 0 N–H and O–H groups in total. The van der Waals surface area contributed by atoms with Crippen LogP contribution in [0.3, 0.4) is 0 Å². The van der Waals surface area contributed by atoms with Crippen LogP contribution in [0, 0.1) is 0 Å². The lowest BCUT2D eigenvalue weighted by Gasteiger charge is -2.18. The van der Waals surface area contributed by atoms with Gasteiger partial charge in [-0.2, -0.15) is 0 Å². The first kappa shape index (κ1) is 12.2. The minimum atomic E-state index is 0.00630. The lowest BCUT2D eigenvalue weighted by atomic mass is 10.2. The van der Waals surface area contributed by atoms with E-state index in [-0.39, 0.29) is 5.91 Å². The van der Waals surface area contributed by atoms with Gasteiger partial charge in [-0.15, -0.1) is 0 Å². The van der Waals surface area contributed by atoms with Crippen molar-refractivity contribution >= 4 is 11.6 Å². The highest BCUT2D eigenvalue weighted by Gasteiger charge is 2.09. The number of likely N-dealkylation sites (N-methyl/N-ethyl adjacent to an activating group) is 1. The summed E-state index contributed by atoms with van der Waals surface area (Å²) < 4.78 is 0. The Morgan fingerprint density at radius 3 is 2.50 bits per heavy atom. The summed E-state index contributed by atoms with van der Waals surface area (Å²) in [5.41, 5.74) is 0.931. The summed E-state index contributed by atoms with van der Waals surface area (Å²) in [7, 11) is 0. The molecule has 0 aliphatic heterocycles. The van der Waals surface area contributed by atoms with E-state index in [1.807, 2.05) is 56.3 Å². The molecular weight excluding hydrogens is 198 g/mol. The first-order chi connectivity index (χ1) is 7.79. The molecule has 0 aliphatic carbocycles. The molecule has 0 spiro atoms. The van der Waals surface area contributed by atoms with Gasteiger partial charge in [0.25, 0.3) is 5.91 Å². The molecule has 1 aromatic rings. The normalized spacial score (nSPS) is 11.1. The van der Waals surface area contributed by atoms with Crippen molar-refractivity contribution in [1.29, 1.82) is 0 Å². The van der Waals surface area contributed by atoms with Gasteiger partial charge in [0.05, 0.1) is 0 Å². The fourth-order valence-corrected chi connectivity index (χ4v) is 1.41. The van der Waals surface area contributed by atoms with Crippen molar-refractivity contribution in [3.8, 4) is 0 Å². The number of carbonyl (C=O) groups excluding carboxylic acids is 1. The Balaban J connectivity index is 2.79. The van der Waals surface area contributed by atoms with Crippen LogP contribution in [0.4, 0.5) is 5.69 Å². The minimum absolute atomic E-state index is 0.00630. The Morgan fingerprint density at radius 2 is 1.94 bits per heavy atom.